The fraction of sp³-hybridized carbons (Fsp3) is 0.294. The molecule has 1 N–H and O–H groups in total. The summed E-state index contributed by atoms with van der Waals surface area (Å²) in [5, 5.41) is 3.48. The first kappa shape index (κ1) is 16.7. The molecule has 0 heterocycles. The maximum atomic E-state index is 13.7. The molecule has 21 heavy (non-hydrogen) atoms. The third-order valence-electron chi connectivity index (χ3n) is 3.50. The smallest absolute Gasteiger partial charge is 0.137 e. The molecule has 0 saturated heterocycles. The molecular weight excluding hydrogens is 397 g/mol. The van der Waals surface area contributed by atoms with Crippen molar-refractivity contribution in [3.8, 4) is 0 Å². The van der Waals surface area contributed by atoms with Gasteiger partial charge >= 0.3 is 0 Å². The van der Waals surface area contributed by atoms with Crippen LogP contribution in [0.25, 0.3) is 0 Å². The number of rotatable bonds is 5. The van der Waals surface area contributed by atoms with Crippen LogP contribution in [0.15, 0.2) is 45.3 Å². The second kappa shape index (κ2) is 7.52. The Morgan fingerprint density at radius 3 is 2.62 bits per heavy atom. The maximum absolute atomic E-state index is 13.7. The Labute approximate surface area is 142 Å². The van der Waals surface area contributed by atoms with Gasteiger partial charge in [0.1, 0.15) is 5.82 Å². The molecule has 0 aliphatic heterocycles. The van der Waals surface area contributed by atoms with Gasteiger partial charge in [0, 0.05) is 10.5 Å². The molecule has 0 fully saturated rings. The molecule has 1 unspecified atom stereocenters. The highest BCUT2D eigenvalue weighted by molar-refractivity contribution is 9.10. The molecule has 4 heteroatoms. The van der Waals surface area contributed by atoms with E-state index in [1.165, 1.54) is 17.2 Å². The zero-order valence-corrected chi connectivity index (χ0v) is 15.3. The first-order valence-corrected chi connectivity index (χ1v) is 8.53. The number of hydrogen-bond donors (Lipinski definition) is 1. The molecule has 0 saturated carbocycles. The summed E-state index contributed by atoms with van der Waals surface area (Å²) in [5.74, 6) is -0.215. The molecular formula is C17H18Br2FN. The largest absolute Gasteiger partial charge is 0.310 e. The maximum Gasteiger partial charge on any atom is 0.137 e. The first-order chi connectivity index (χ1) is 10.0. The summed E-state index contributed by atoms with van der Waals surface area (Å²) in [7, 11) is 0. The number of nitrogens with one attached hydrogen (secondary N) is 1. The Morgan fingerprint density at radius 2 is 1.95 bits per heavy atom. The van der Waals surface area contributed by atoms with Gasteiger partial charge in [0.25, 0.3) is 0 Å². The first-order valence-electron chi connectivity index (χ1n) is 6.95. The predicted octanol–water partition coefficient (Wildman–Crippen LogP) is 5.55. The van der Waals surface area contributed by atoms with Crippen LogP contribution < -0.4 is 5.32 Å². The Kier molecular flexibility index (Phi) is 5.97. The summed E-state index contributed by atoms with van der Waals surface area (Å²) >= 11 is 6.93. The quantitative estimate of drug-likeness (QED) is 0.675. The molecule has 1 nitrogen and oxygen atoms in total. The van der Waals surface area contributed by atoms with Crippen molar-refractivity contribution in [3.63, 3.8) is 0 Å². The fourth-order valence-electron chi connectivity index (χ4n) is 2.31. The minimum Gasteiger partial charge on any atom is -0.310 e. The summed E-state index contributed by atoms with van der Waals surface area (Å²) in [5.41, 5.74) is 3.38. The van der Waals surface area contributed by atoms with E-state index in [4.69, 9.17) is 0 Å². The van der Waals surface area contributed by atoms with Crippen LogP contribution in [0.2, 0.25) is 0 Å². The van der Waals surface area contributed by atoms with Gasteiger partial charge < -0.3 is 5.32 Å². The minimum atomic E-state index is -0.215. The molecule has 2 rings (SSSR count). The van der Waals surface area contributed by atoms with Gasteiger partial charge in [-0.1, -0.05) is 47.1 Å². The van der Waals surface area contributed by atoms with E-state index < -0.39 is 0 Å². The number of aryl methyl sites for hydroxylation is 1. The van der Waals surface area contributed by atoms with Crippen molar-refractivity contribution in [3.05, 3.63) is 67.9 Å². The molecule has 2 aromatic carbocycles. The van der Waals surface area contributed by atoms with Gasteiger partial charge in [-0.3, -0.25) is 0 Å². The van der Waals surface area contributed by atoms with Crippen molar-refractivity contribution in [2.75, 3.05) is 6.54 Å². The number of halogens is 3. The predicted molar refractivity (Wildman–Crippen MR) is 93.1 cm³/mol. The fourth-order valence-corrected chi connectivity index (χ4v) is 3.13. The molecule has 2 aromatic rings. The van der Waals surface area contributed by atoms with Gasteiger partial charge in [-0.2, -0.15) is 0 Å². The van der Waals surface area contributed by atoms with Gasteiger partial charge in [0.15, 0.2) is 0 Å². The normalized spacial score (nSPS) is 12.4. The topological polar surface area (TPSA) is 12.0 Å². The standard InChI is InChI=1S/C17H18Br2FN/c1-3-21-16(12-8-7-11(2)14(18)9-12)10-13-5-4-6-15(20)17(13)19/h4-9,16,21H,3,10H2,1-2H3. The van der Waals surface area contributed by atoms with E-state index in [2.05, 4.69) is 69.2 Å². The molecule has 1 atom stereocenters. The Hall–Kier alpha value is -0.710. The van der Waals surface area contributed by atoms with Crippen LogP contribution >= 0.6 is 31.9 Å². The lowest BCUT2D eigenvalue weighted by molar-refractivity contribution is 0.544. The van der Waals surface area contributed by atoms with Crippen molar-refractivity contribution in [2.45, 2.75) is 26.3 Å². The van der Waals surface area contributed by atoms with Gasteiger partial charge in [0.2, 0.25) is 0 Å². The summed E-state index contributed by atoms with van der Waals surface area (Å²) in [6.07, 6.45) is 0.738. The van der Waals surface area contributed by atoms with E-state index in [0.717, 1.165) is 23.0 Å². The van der Waals surface area contributed by atoms with E-state index in [1.54, 1.807) is 6.07 Å². The van der Waals surface area contributed by atoms with Crippen LogP contribution in [0.4, 0.5) is 4.39 Å². The highest BCUT2D eigenvalue weighted by atomic mass is 79.9. The molecule has 0 radical (unpaired) electrons. The van der Waals surface area contributed by atoms with Crippen LogP contribution in [0, 0.1) is 12.7 Å². The highest BCUT2D eigenvalue weighted by Gasteiger charge is 2.15. The summed E-state index contributed by atoms with van der Waals surface area (Å²) in [6.45, 7) is 5.01. The van der Waals surface area contributed by atoms with Crippen LogP contribution in [0.5, 0.6) is 0 Å². The van der Waals surface area contributed by atoms with Crippen LogP contribution in [-0.2, 0) is 6.42 Å². The average Bonchev–Trinajstić information content (AvgIpc) is 2.46. The zero-order valence-electron chi connectivity index (χ0n) is 12.1. The van der Waals surface area contributed by atoms with Crippen molar-refractivity contribution < 1.29 is 4.39 Å². The second-order valence-corrected chi connectivity index (χ2v) is 6.68. The molecule has 0 aliphatic carbocycles. The van der Waals surface area contributed by atoms with Crippen LogP contribution in [0.1, 0.15) is 29.7 Å². The van der Waals surface area contributed by atoms with Crippen molar-refractivity contribution in [1.82, 2.24) is 5.32 Å². The summed E-state index contributed by atoms with van der Waals surface area (Å²) in [6, 6.07) is 11.7. The van der Waals surface area contributed by atoms with E-state index >= 15 is 0 Å². The number of hydrogen-bond acceptors (Lipinski definition) is 1. The minimum absolute atomic E-state index is 0.157. The van der Waals surface area contributed by atoms with Crippen LogP contribution in [-0.4, -0.2) is 6.54 Å². The average molecular weight is 415 g/mol. The molecule has 0 bridgehead atoms. The van der Waals surface area contributed by atoms with Crippen molar-refractivity contribution >= 4 is 31.9 Å². The monoisotopic (exact) mass is 413 g/mol. The number of benzene rings is 2. The lowest BCUT2D eigenvalue weighted by atomic mass is 9.98. The van der Waals surface area contributed by atoms with Crippen molar-refractivity contribution in [1.29, 1.82) is 0 Å². The van der Waals surface area contributed by atoms with Gasteiger partial charge in [0.05, 0.1) is 4.47 Å². The van der Waals surface area contributed by atoms with E-state index in [-0.39, 0.29) is 11.9 Å². The zero-order chi connectivity index (χ0) is 15.4. The van der Waals surface area contributed by atoms with Crippen LogP contribution in [0.3, 0.4) is 0 Å². The molecule has 0 spiro atoms. The lowest BCUT2D eigenvalue weighted by Crippen LogP contribution is -2.23. The summed E-state index contributed by atoms with van der Waals surface area (Å²) < 4.78 is 15.3. The molecule has 112 valence electrons. The Balaban J connectivity index is 2.30. The van der Waals surface area contributed by atoms with E-state index in [1.807, 2.05) is 6.07 Å². The second-order valence-electron chi connectivity index (χ2n) is 5.04. The van der Waals surface area contributed by atoms with Gasteiger partial charge in [-0.15, -0.1) is 0 Å². The van der Waals surface area contributed by atoms with Gasteiger partial charge in [-0.25, -0.2) is 4.39 Å². The van der Waals surface area contributed by atoms with E-state index in [0.29, 0.717) is 4.47 Å². The SMILES string of the molecule is CCNC(Cc1cccc(F)c1Br)c1ccc(C)c(Br)c1. The van der Waals surface area contributed by atoms with Gasteiger partial charge in [-0.05, 0) is 64.6 Å². The molecule has 0 aromatic heterocycles. The number of likely N-dealkylation sites (N-methyl/N-ethyl adjacent to an activating group) is 1. The lowest BCUT2D eigenvalue weighted by Gasteiger charge is -2.20. The molecule has 0 aliphatic rings. The Bertz CT molecular complexity index is 628. The summed E-state index contributed by atoms with van der Waals surface area (Å²) in [4.78, 5) is 0. The van der Waals surface area contributed by atoms with Crippen molar-refractivity contribution in [2.24, 2.45) is 0 Å². The highest BCUT2D eigenvalue weighted by Crippen LogP contribution is 2.28. The molecule has 0 amide bonds. The third-order valence-corrected chi connectivity index (χ3v) is 5.25. The van der Waals surface area contributed by atoms with E-state index in [9.17, 15) is 4.39 Å². The third kappa shape index (κ3) is 4.15. The Morgan fingerprint density at radius 1 is 1.19 bits per heavy atom.